The van der Waals surface area contributed by atoms with Crippen molar-refractivity contribution in [3.8, 4) is 5.75 Å². The highest BCUT2D eigenvalue weighted by Crippen LogP contribution is 2.20. The van der Waals surface area contributed by atoms with Gasteiger partial charge in [-0.1, -0.05) is 11.6 Å². The molecule has 1 rings (SSSR count). The van der Waals surface area contributed by atoms with Gasteiger partial charge in [0.05, 0.1) is 12.1 Å². The number of carbonyl (C=O) groups is 2. The fourth-order valence-corrected chi connectivity index (χ4v) is 1.86. The van der Waals surface area contributed by atoms with E-state index in [-0.39, 0.29) is 35.7 Å². The number of phenolic OH excluding ortho intramolecular Hbond substituents is 1. The second kappa shape index (κ2) is 6.93. The van der Waals surface area contributed by atoms with Crippen molar-refractivity contribution >= 4 is 11.8 Å². The predicted octanol–water partition coefficient (Wildman–Crippen LogP) is 1.69. The van der Waals surface area contributed by atoms with Gasteiger partial charge in [0.25, 0.3) is 5.91 Å². The molecule has 1 aromatic rings. The van der Waals surface area contributed by atoms with E-state index in [0.717, 1.165) is 5.56 Å². The van der Waals surface area contributed by atoms with Crippen molar-refractivity contribution in [1.29, 1.82) is 0 Å². The summed E-state index contributed by atoms with van der Waals surface area (Å²) in [5, 5.41) is 12.5. The maximum Gasteiger partial charge on any atom is 0.258 e. The highest BCUT2D eigenvalue weighted by Gasteiger charge is 2.20. The Balaban J connectivity index is 2.86. The van der Waals surface area contributed by atoms with Gasteiger partial charge in [0.1, 0.15) is 5.75 Å². The lowest BCUT2D eigenvalue weighted by Gasteiger charge is -2.21. The van der Waals surface area contributed by atoms with Crippen LogP contribution in [-0.2, 0) is 4.79 Å². The van der Waals surface area contributed by atoms with E-state index in [2.05, 4.69) is 5.32 Å². The molecule has 0 radical (unpaired) electrons. The summed E-state index contributed by atoms with van der Waals surface area (Å²) < 4.78 is 0. The molecule has 0 saturated carbocycles. The summed E-state index contributed by atoms with van der Waals surface area (Å²) in [6.07, 6.45) is 0. The second-order valence-corrected chi connectivity index (χ2v) is 5.06. The third-order valence-corrected chi connectivity index (χ3v) is 2.84. The number of aryl methyl sites for hydroxylation is 1. The van der Waals surface area contributed by atoms with Crippen LogP contribution in [0.4, 0.5) is 0 Å². The van der Waals surface area contributed by atoms with Gasteiger partial charge in [-0.2, -0.15) is 0 Å². The maximum atomic E-state index is 12.4. The van der Waals surface area contributed by atoms with Crippen molar-refractivity contribution in [3.63, 3.8) is 0 Å². The van der Waals surface area contributed by atoms with Gasteiger partial charge in [-0.25, -0.2) is 0 Å². The lowest BCUT2D eigenvalue weighted by atomic mass is 10.1. The normalized spacial score (nSPS) is 10.4. The zero-order chi connectivity index (χ0) is 15.3. The number of carbonyl (C=O) groups excluding carboxylic acids is 2. The summed E-state index contributed by atoms with van der Waals surface area (Å²) in [6.45, 7) is 7.76. The number of aromatic hydroxyl groups is 1. The van der Waals surface area contributed by atoms with E-state index in [1.165, 1.54) is 11.0 Å². The summed E-state index contributed by atoms with van der Waals surface area (Å²) in [4.78, 5) is 25.5. The van der Waals surface area contributed by atoms with Crippen LogP contribution in [0, 0.1) is 6.92 Å². The third kappa shape index (κ3) is 4.26. The molecule has 110 valence electrons. The smallest absolute Gasteiger partial charge is 0.258 e. The van der Waals surface area contributed by atoms with Gasteiger partial charge in [-0.15, -0.1) is 0 Å². The van der Waals surface area contributed by atoms with Crippen LogP contribution in [0.1, 0.15) is 36.7 Å². The number of phenols is 1. The van der Waals surface area contributed by atoms with E-state index in [0.29, 0.717) is 6.54 Å². The van der Waals surface area contributed by atoms with E-state index in [1.807, 2.05) is 20.8 Å². The lowest BCUT2D eigenvalue weighted by Crippen LogP contribution is -2.42. The molecule has 1 aromatic carbocycles. The molecule has 0 heterocycles. The quantitative estimate of drug-likeness (QED) is 0.861. The molecule has 0 fully saturated rings. The van der Waals surface area contributed by atoms with Crippen LogP contribution in [0.3, 0.4) is 0 Å². The second-order valence-electron chi connectivity index (χ2n) is 5.06. The molecular formula is C15H22N2O3. The maximum absolute atomic E-state index is 12.4. The Labute approximate surface area is 119 Å². The molecule has 0 aliphatic rings. The highest BCUT2D eigenvalue weighted by atomic mass is 16.3. The number of likely N-dealkylation sites (N-methyl/N-ethyl adjacent to an activating group) is 1. The summed E-state index contributed by atoms with van der Waals surface area (Å²) in [6, 6.07) is 4.88. The molecule has 5 heteroatoms. The summed E-state index contributed by atoms with van der Waals surface area (Å²) in [5.41, 5.74) is 1.11. The van der Waals surface area contributed by atoms with Gasteiger partial charge >= 0.3 is 0 Å². The van der Waals surface area contributed by atoms with Gasteiger partial charge in [-0.3, -0.25) is 9.59 Å². The Kier molecular flexibility index (Phi) is 5.55. The number of hydrogen-bond acceptors (Lipinski definition) is 3. The van der Waals surface area contributed by atoms with Crippen molar-refractivity contribution in [1.82, 2.24) is 10.2 Å². The molecule has 0 bridgehead atoms. The number of rotatable bonds is 5. The minimum absolute atomic E-state index is 0.0130. The zero-order valence-corrected chi connectivity index (χ0v) is 12.4. The standard InChI is InChI=1S/C15H22N2O3/c1-5-17(9-14(19)16-10(2)3)15(20)12-8-11(4)6-7-13(12)18/h6-8,10,18H,5,9H2,1-4H3,(H,16,19). The third-order valence-electron chi connectivity index (χ3n) is 2.84. The molecular weight excluding hydrogens is 256 g/mol. The fraction of sp³-hybridized carbons (Fsp3) is 0.467. The molecule has 0 spiro atoms. The minimum atomic E-state index is -0.340. The van der Waals surface area contributed by atoms with E-state index in [4.69, 9.17) is 0 Å². The van der Waals surface area contributed by atoms with Crippen LogP contribution in [0.2, 0.25) is 0 Å². The van der Waals surface area contributed by atoms with Crippen LogP contribution in [0.25, 0.3) is 0 Å². The average Bonchev–Trinajstić information content (AvgIpc) is 2.37. The van der Waals surface area contributed by atoms with E-state index < -0.39 is 0 Å². The van der Waals surface area contributed by atoms with Crippen LogP contribution < -0.4 is 5.32 Å². The molecule has 0 unspecified atom stereocenters. The number of amides is 2. The monoisotopic (exact) mass is 278 g/mol. The Morgan fingerprint density at radius 1 is 1.35 bits per heavy atom. The largest absolute Gasteiger partial charge is 0.507 e. The predicted molar refractivity (Wildman–Crippen MR) is 77.7 cm³/mol. The van der Waals surface area contributed by atoms with E-state index >= 15 is 0 Å². The molecule has 5 nitrogen and oxygen atoms in total. The summed E-state index contributed by atoms with van der Waals surface area (Å²) in [5.74, 6) is -0.613. The highest BCUT2D eigenvalue weighted by molar-refractivity contribution is 5.98. The van der Waals surface area contributed by atoms with E-state index in [1.54, 1.807) is 19.1 Å². The van der Waals surface area contributed by atoms with Gasteiger partial charge < -0.3 is 15.3 Å². The van der Waals surface area contributed by atoms with Crippen molar-refractivity contribution in [2.75, 3.05) is 13.1 Å². The van der Waals surface area contributed by atoms with E-state index in [9.17, 15) is 14.7 Å². The van der Waals surface area contributed by atoms with Crippen LogP contribution in [0.15, 0.2) is 18.2 Å². The number of hydrogen-bond donors (Lipinski definition) is 2. The summed E-state index contributed by atoms with van der Waals surface area (Å²) >= 11 is 0. The Bertz CT molecular complexity index is 498. The van der Waals surface area contributed by atoms with Gasteiger partial charge in [0.2, 0.25) is 5.91 Å². The average molecular weight is 278 g/mol. The molecule has 0 aliphatic carbocycles. The van der Waals surface area contributed by atoms with Crippen LogP contribution >= 0.6 is 0 Å². The first-order valence-corrected chi connectivity index (χ1v) is 6.73. The van der Waals surface area contributed by atoms with Crippen molar-refractivity contribution in [3.05, 3.63) is 29.3 Å². The summed E-state index contributed by atoms with van der Waals surface area (Å²) in [7, 11) is 0. The topological polar surface area (TPSA) is 69.6 Å². The number of nitrogens with zero attached hydrogens (tertiary/aromatic N) is 1. The molecule has 0 saturated heterocycles. The molecule has 0 aliphatic heterocycles. The van der Waals surface area contributed by atoms with Gasteiger partial charge in [-0.05, 0) is 39.8 Å². The van der Waals surface area contributed by atoms with Crippen LogP contribution in [-0.4, -0.2) is 41.0 Å². The first-order chi connectivity index (χ1) is 9.35. The van der Waals surface area contributed by atoms with Crippen LogP contribution in [0.5, 0.6) is 5.75 Å². The zero-order valence-electron chi connectivity index (χ0n) is 12.4. The van der Waals surface area contributed by atoms with Gasteiger partial charge in [0.15, 0.2) is 0 Å². The molecule has 2 amide bonds. The Morgan fingerprint density at radius 3 is 2.55 bits per heavy atom. The molecule has 0 atom stereocenters. The lowest BCUT2D eigenvalue weighted by molar-refractivity contribution is -0.122. The number of nitrogens with one attached hydrogen (secondary N) is 1. The number of benzene rings is 1. The Morgan fingerprint density at radius 2 is 2.00 bits per heavy atom. The Hall–Kier alpha value is -2.04. The molecule has 20 heavy (non-hydrogen) atoms. The van der Waals surface area contributed by atoms with Crippen molar-refractivity contribution < 1.29 is 14.7 Å². The van der Waals surface area contributed by atoms with Crippen molar-refractivity contribution in [2.45, 2.75) is 33.7 Å². The molecule has 2 N–H and O–H groups in total. The van der Waals surface area contributed by atoms with Gasteiger partial charge in [0, 0.05) is 12.6 Å². The SMILES string of the molecule is CCN(CC(=O)NC(C)C)C(=O)c1cc(C)ccc1O. The first-order valence-electron chi connectivity index (χ1n) is 6.73. The first kappa shape index (κ1) is 16.0. The molecule has 0 aromatic heterocycles. The minimum Gasteiger partial charge on any atom is -0.507 e. The fourth-order valence-electron chi connectivity index (χ4n) is 1.86. The van der Waals surface area contributed by atoms with Crippen molar-refractivity contribution in [2.24, 2.45) is 0 Å².